The normalized spacial score (nSPS) is 11.0. The molecule has 2 N–H and O–H groups in total. The lowest BCUT2D eigenvalue weighted by atomic mass is 10.3. The van der Waals surface area contributed by atoms with Crippen molar-refractivity contribution < 1.29 is 13.2 Å². The van der Waals surface area contributed by atoms with Crippen LogP contribution in [0.5, 0.6) is 5.75 Å². The zero-order chi connectivity index (χ0) is 15.3. The highest BCUT2D eigenvalue weighted by molar-refractivity contribution is 7.92. The first-order chi connectivity index (χ1) is 10.1. The van der Waals surface area contributed by atoms with Crippen LogP contribution in [0.4, 0.5) is 11.4 Å². The van der Waals surface area contributed by atoms with E-state index in [0.29, 0.717) is 23.7 Å². The zero-order valence-electron chi connectivity index (χ0n) is 11.8. The standard InChI is InChI=1S/C14H17N3O3S/c1-3-15-13-8-5-9-16-14(13)21(18,19)17-11-6-4-7-12(10-11)20-2/h4-10,15,17H,3H2,1-2H3. The van der Waals surface area contributed by atoms with E-state index < -0.39 is 10.0 Å². The Kier molecular flexibility index (Phi) is 4.64. The fourth-order valence-corrected chi connectivity index (χ4v) is 2.98. The van der Waals surface area contributed by atoms with Crippen LogP contribution in [0.1, 0.15) is 6.92 Å². The first kappa shape index (κ1) is 15.1. The highest BCUT2D eigenvalue weighted by Gasteiger charge is 2.20. The minimum Gasteiger partial charge on any atom is -0.497 e. The Morgan fingerprint density at radius 3 is 2.76 bits per heavy atom. The number of ether oxygens (including phenoxy) is 1. The molecule has 0 fully saturated rings. The Balaban J connectivity index is 2.34. The smallest absolute Gasteiger partial charge is 0.281 e. The number of sulfonamides is 1. The Morgan fingerprint density at radius 1 is 1.24 bits per heavy atom. The van der Waals surface area contributed by atoms with Gasteiger partial charge in [0, 0.05) is 18.8 Å². The molecule has 0 aliphatic rings. The number of methoxy groups -OCH3 is 1. The highest BCUT2D eigenvalue weighted by atomic mass is 32.2. The number of rotatable bonds is 6. The van der Waals surface area contributed by atoms with Crippen LogP contribution in [0.25, 0.3) is 0 Å². The number of hydrogen-bond donors (Lipinski definition) is 2. The van der Waals surface area contributed by atoms with Crippen molar-refractivity contribution in [2.75, 3.05) is 23.7 Å². The molecule has 0 saturated heterocycles. The van der Waals surface area contributed by atoms with Crippen molar-refractivity contribution in [2.24, 2.45) is 0 Å². The quantitative estimate of drug-likeness (QED) is 0.856. The second-order valence-corrected chi connectivity index (χ2v) is 5.82. The van der Waals surface area contributed by atoms with Crippen molar-refractivity contribution in [3.63, 3.8) is 0 Å². The van der Waals surface area contributed by atoms with Crippen LogP contribution >= 0.6 is 0 Å². The molecule has 0 aliphatic heterocycles. The lowest BCUT2D eigenvalue weighted by molar-refractivity contribution is 0.415. The summed E-state index contributed by atoms with van der Waals surface area (Å²) < 4.78 is 32.5. The Labute approximate surface area is 124 Å². The highest BCUT2D eigenvalue weighted by Crippen LogP contribution is 2.23. The molecule has 2 rings (SSSR count). The summed E-state index contributed by atoms with van der Waals surface area (Å²) in [7, 11) is -2.25. The predicted molar refractivity (Wildman–Crippen MR) is 82.2 cm³/mol. The van der Waals surface area contributed by atoms with Gasteiger partial charge in [0.25, 0.3) is 10.0 Å². The van der Waals surface area contributed by atoms with Gasteiger partial charge in [-0.25, -0.2) is 4.98 Å². The number of nitrogens with zero attached hydrogens (tertiary/aromatic N) is 1. The summed E-state index contributed by atoms with van der Waals surface area (Å²) in [5.74, 6) is 0.572. The summed E-state index contributed by atoms with van der Waals surface area (Å²) in [5.41, 5.74) is 0.887. The van der Waals surface area contributed by atoms with Gasteiger partial charge in [-0.3, -0.25) is 4.72 Å². The lowest BCUT2D eigenvalue weighted by Crippen LogP contribution is -2.17. The molecule has 0 spiro atoms. The largest absolute Gasteiger partial charge is 0.497 e. The maximum absolute atomic E-state index is 12.4. The van der Waals surface area contributed by atoms with Gasteiger partial charge >= 0.3 is 0 Å². The minimum atomic E-state index is -3.77. The molecule has 2 aromatic rings. The molecule has 0 atom stereocenters. The van der Waals surface area contributed by atoms with Gasteiger partial charge in [0.05, 0.1) is 18.5 Å². The number of hydrogen-bond acceptors (Lipinski definition) is 5. The molecule has 0 unspecified atom stereocenters. The maximum Gasteiger partial charge on any atom is 0.281 e. The Morgan fingerprint density at radius 2 is 2.05 bits per heavy atom. The molecule has 1 aromatic carbocycles. The van der Waals surface area contributed by atoms with E-state index in [-0.39, 0.29) is 5.03 Å². The number of nitrogens with one attached hydrogen (secondary N) is 2. The van der Waals surface area contributed by atoms with Crippen LogP contribution in [0.15, 0.2) is 47.6 Å². The van der Waals surface area contributed by atoms with Crippen LogP contribution in [-0.4, -0.2) is 27.1 Å². The third-order valence-corrected chi connectivity index (χ3v) is 4.05. The van der Waals surface area contributed by atoms with E-state index in [1.165, 1.54) is 13.3 Å². The van der Waals surface area contributed by atoms with Gasteiger partial charge in [0.1, 0.15) is 5.75 Å². The van der Waals surface area contributed by atoms with Gasteiger partial charge < -0.3 is 10.1 Å². The second-order valence-electron chi connectivity index (χ2n) is 4.22. The van der Waals surface area contributed by atoms with Crippen LogP contribution in [0.2, 0.25) is 0 Å². The molecule has 1 heterocycles. The first-order valence-electron chi connectivity index (χ1n) is 6.42. The molecule has 0 bridgehead atoms. The summed E-state index contributed by atoms with van der Waals surface area (Å²) in [6, 6.07) is 10.1. The van der Waals surface area contributed by atoms with Gasteiger partial charge in [0.2, 0.25) is 0 Å². The zero-order valence-corrected chi connectivity index (χ0v) is 12.6. The molecule has 0 radical (unpaired) electrons. The molecule has 0 saturated carbocycles. The molecule has 1 aromatic heterocycles. The third-order valence-electron chi connectivity index (χ3n) is 2.71. The van der Waals surface area contributed by atoms with E-state index in [9.17, 15) is 8.42 Å². The minimum absolute atomic E-state index is 0.0327. The van der Waals surface area contributed by atoms with E-state index in [0.717, 1.165) is 0 Å². The van der Waals surface area contributed by atoms with Gasteiger partial charge in [-0.2, -0.15) is 8.42 Å². The lowest BCUT2D eigenvalue weighted by Gasteiger charge is -2.12. The number of aromatic nitrogens is 1. The predicted octanol–water partition coefficient (Wildman–Crippen LogP) is 2.32. The fourth-order valence-electron chi connectivity index (χ4n) is 1.82. The number of anilines is 2. The second kappa shape index (κ2) is 6.45. The molecule has 0 aliphatic carbocycles. The monoisotopic (exact) mass is 307 g/mol. The van der Waals surface area contributed by atoms with E-state index in [1.54, 1.807) is 36.4 Å². The Bertz CT molecular complexity index is 717. The molecule has 0 amide bonds. The van der Waals surface area contributed by atoms with E-state index >= 15 is 0 Å². The van der Waals surface area contributed by atoms with Crippen LogP contribution in [-0.2, 0) is 10.0 Å². The SMILES string of the molecule is CCNc1cccnc1S(=O)(=O)Nc1cccc(OC)c1. The van der Waals surface area contributed by atoms with Crippen molar-refractivity contribution >= 4 is 21.4 Å². The van der Waals surface area contributed by atoms with Crippen molar-refractivity contribution in [3.8, 4) is 5.75 Å². The molecular weight excluding hydrogens is 290 g/mol. The van der Waals surface area contributed by atoms with Gasteiger partial charge in [-0.15, -0.1) is 0 Å². The molecular formula is C14H17N3O3S. The van der Waals surface area contributed by atoms with E-state index in [2.05, 4.69) is 15.0 Å². The van der Waals surface area contributed by atoms with Gasteiger partial charge in [-0.05, 0) is 31.2 Å². The third kappa shape index (κ3) is 3.63. The van der Waals surface area contributed by atoms with Crippen LogP contribution in [0.3, 0.4) is 0 Å². The van der Waals surface area contributed by atoms with Gasteiger partial charge in [-0.1, -0.05) is 6.07 Å². The summed E-state index contributed by atoms with van der Waals surface area (Å²) in [6.07, 6.45) is 1.45. The maximum atomic E-state index is 12.4. The number of pyridine rings is 1. The fraction of sp³-hybridized carbons (Fsp3) is 0.214. The summed E-state index contributed by atoms with van der Waals surface area (Å²) in [5, 5.41) is 2.95. The molecule has 21 heavy (non-hydrogen) atoms. The van der Waals surface area contributed by atoms with Crippen molar-refractivity contribution in [2.45, 2.75) is 11.9 Å². The van der Waals surface area contributed by atoms with E-state index in [4.69, 9.17) is 4.74 Å². The summed E-state index contributed by atoms with van der Waals surface area (Å²) >= 11 is 0. The van der Waals surface area contributed by atoms with Crippen molar-refractivity contribution in [3.05, 3.63) is 42.6 Å². The van der Waals surface area contributed by atoms with Crippen LogP contribution in [0, 0.1) is 0 Å². The molecule has 112 valence electrons. The van der Waals surface area contributed by atoms with Crippen LogP contribution < -0.4 is 14.8 Å². The van der Waals surface area contributed by atoms with E-state index in [1.807, 2.05) is 6.92 Å². The first-order valence-corrected chi connectivity index (χ1v) is 7.91. The summed E-state index contributed by atoms with van der Waals surface area (Å²) in [6.45, 7) is 2.49. The van der Waals surface area contributed by atoms with Gasteiger partial charge in [0.15, 0.2) is 5.03 Å². The topological polar surface area (TPSA) is 80.3 Å². The van der Waals surface area contributed by atoms with Crippen molar-refractivity contribution in [1.82, 2.24) is 4.98 Å². The average molecular weight is 307 g/mol. The molecule has 6 nitrogen and oxygen atoms in total. The number of benzene rings is 1. The Hall–Kier alpha value is -2.28. The molecule has 7 heteroatoms. The summed E-state index contributed by atoms with van der Waals surface area (Å²) in [4.78, 5) is 3.96. The van der Waals surface area contributed by atoms with Crippen molar-refractivity contribution in [1.29, 1.82) is 0 Å². The average Bonchev–Trinajstić information content (AvgIpc) is 2.48.